The van der Waals surface area contributed by atoms with Crippen LogP contribution in [0.4, 0.5) is 5.69 Å². The molecule has 4 nitrogen and oxygen atoms in total. The lowest BCUT2D eigenvalue weighted by Gasteiger charge is -2.30. The Balaban J connectivity index is 2.05. The molecule has 0 atom stereocenters. The van der Waals surface area contributed by atoms with Gasteiger partial charge < -0.3 is 19.7 Å². The average molecular weight is 332 g/mol. The van der Waals surface area contributed by atoms with Gasteiger partial charge in [0.1, 0.15) is 5.75 Å². The van der Waals surface area contributed by atoms with Crippen LogP contribution < -0.4 is 10.1 Å². The highest BCUT2D eigenvalue weighted by atomic mass is 16.5. The molecule has 24 heavy (non-hydrogen) atoms. The van der Waals surface area contributed by atoms with Crippen molar-refractivity contribution in [1.29, 1.82) is 0 Å². The minimum absolute atomic E-state index is 0.590. The van der Waals surface area contributed by atoms with E-state index in [1.807, 2.05) is 13.0 Å². The van der Waals surface area contributed by atoms with Gasteiger partial charge in [-0.2, -0.15) is 0 Å². The zero-order chi connectivity index (χ0) is 17.4. The van der Waals surface area contributed by atoms with E-state index >= 15 is 0 Å². The maximum Gasteiger partial charge on any atom is 0.186 e. The van der Waals surface area contributed by atoms with Gasteiger partial charge in [-0.15, -0.1) is 0 Å². The number of benzene rings is 1. The summed E-state index contributed by atoms with van der Waals surface area (Å²) >= 11 is 0. The molecule has 1 saturated heterocycles. The van der Waals surface area contributed by atoms with Gasteiger partial charge in [-0.25, -0.2) is 0 Å². The highest BCUT2D eigenvalue weighted by Crippen LogP contribution is 2.35. The zero-order valence-corrected chi connectivity index (χ0v) is 15.6. The predicted molar refractivity (Wildman–Crippen MR) is 101 cm³/mol. The minimum Gasteiger partial charge on any atom is -0.496 e. The highest BCUT2D eigenvalue weighted by molar-refractivity contribution is 5.55. The van der Waals surface area contributed by atoms with Crippen molar-refractivity contribution in [3.8, 4) is 5.75 Å². The number of likely N-dealkylation sites (tertiary alicyclic amines) is 1. The van der Waals surface area contributed by atoms with Crippen LogP contribution in [0, 0.1) is 0 Å². The lowest BCUT2D eigenvalue weighted by molar-refractivity contribution is 0.212. The number of ether oxygens (including phenoxy) is 2. The van der Waals surface area contributed by atoms with Crippen LogP contribution >= 0.6 is 0 Å². The summed E-state index contributed by atoms with van der Waals surface area (Å²) < 4.78 is 11.4. The number of allylic oxidation sites excluding steroid dienone is 1. The van der Waals surface area contributed by atoms with Gasteiger partial charge in [-0.3, -0.25) is 0 Å². The molecular formula is C20H32N2O2. The van der Waals surface area contributed by atoms with E-state index in [1.165, 1.54) is 18.4 Å². The Kier molecular flexibility index (Phi) is 7.44. The van der Waals surface area contributed by atoms with E-state index in [4.69, 9.17) is 9.47 Å². The van der Waals surface area contributed by atoms with E-state index in [-0.39, 0.29) is 0 Å². The summed E-state index contributed by atoms with van der Waals surface area (Å²) in [6.07, 6.45) is 6.56. The largest absolute Gasteiger partial charge is 0.496 e. The second-order valence-corrected chi connectivity index (χ2v) is 6.51. The second kappa shape index (κ2) is 9.58. The van der Waals surface area contributed by atoms with Crippen molar-refractivity contribution >= 4 is 5.69 Å². The SMILES string of the molecule is C/C=C(/Nc1ccc(C2CCN(C)CC2)c(OC)c1)OCCCC. The van der Waals surface area contributed by atoms with Gasteiger partial charge in [0.25, 0.3) is 0 Å². The molecule has 0 aliphatic carbocycles. The quantitative estimate of drug-likeness (QED) is 0.557. The van der Waals surface area contributed by atoms with Crippen molar-refractivity contribution in [2.24, 2.45) is 0 Å². The standard InChI is InChI=1S/C20H32N2O2/c1-5-7-14-24-20(6-2)21-17-8-9-18(19(15-17)23-4)16-10-12-22(3)13-11-16/h6,8-9,15-16,21H,5,7,10-14H2,1-4H3/b20-6-. The normalized spacial score (nSPS) is 16.9. The Labute approximate surface area is 146 Å². The van der Waals surface area contributed by atoms with Crippen molar-refractivity contribution in [3.05, 3.63) is 35.7 Å². The molecule has 1 aliphatic heterocycles. The van der Waals surface area contributed by atoms with E-state index in [1.54, 1.807) is 7.11 Å². The number of nitrogens with one attached hydrogen (secondary N) is 1. The molecule has 0 saturated carbocycles. The minimum atomic E-state index is 0.590. The Morgan fingerprint density at radius 1 is 1.33 bits per heavy atom. The predicted octanol–water partition coefficient (Wildman–Crippen LogP) is 4.59. The topological polar surface area (TPSA) is 33.7 Å². The van der Waals surface area contributed by atoms with Gasteiger partial charge in [0.15, 0.2) is 5.88 Å². The zero-order valence-electron chi connectivity index (χ0n) is 15.6. The van der Waals surface area contributed by atoms with Crippen molar-refractivity contribution in [1.82, 2.24) is 4.90 Å². The highest BCUT2D eigenvalue weighted by Gasteiger charge is 2.21. The molecule has 1 aromatic rings. The summed E-state index contributed by atoms with van der Waals surface area (Å²) in [4.78, 5) is 2.39. The first-order valence-electron chi connectivity index (χ1n) is 9.10. The number of methoxy groups -OCH3 is 1. The average Bonchev–Trinajstić information content (AvgIpc) is 2.61. The summed E-state index contributed by atoms with van der Waals surface area (Å²) in [7, 11) is 3.95. The number of hydrogen-bond acceptors (Lipinski definition) is 4. The summed E-state index contributed by atoms with van der Waals surface area (Å²) in [5.41, 5.74) is 2.33. The van der Waals surface area contributed by atoms with Gasteiger partial charge >= 0.3 is 0 Å². The van der Waals surface area contributed by atoms with Gasteiger partial charge in [0.05, 0.1) is 13.7 Å². The summed E-state index contributed by atoms with van der Waals surface area (Å²) in [6.45, 7) is 7.20. The van der Waals surface area contributed by atoms with E-state index in [0.717, 1.165) is 49.9 Å². The summed E-state index contributed by atoms with van der Waals surface area (Å²) in [5.74, 6) is 2.36. The van der Waals surface area contributed by atoms with Crippen LogP contribution in [0.2, 0.25) is 0 Å². The summed E-state index contributed by atoms with van der Waals surface area (Å²) in [6, 6.07) is 6.42. The molecule has 0 spiro atoms. The molecule has 1 heterocycles. The van der Waals surface area contributed by atoms with Crippen molar-refractivity contribution in [3.63, 3.8) is 0 Å². The smallest absolute Gasteiger partial charge is 0.186 e. The fourth-order valence-corrected chi connectivity index (χ4v) is 3.11. The second-order valence-electron chi connectivity index (χ2n) is 6.51. The number of unbranched alkanes of at least 4 members (excludes halogenated alkanes) is 1. The third-order valence-corrected chi connectivity index (χ3v) is 4.68. The molecule has 1 aromatic carbocycles. The van der Waals surface area contributed by atoms with E-state index in [0.29, 0.717) is 5.92 Å². The fourth-order valence-electron chi connectivity index (χ4n) is 3.11. The lowest BCUT2D eigenvalue weighted by Crippen LogP contribution is -2.29. The van der Waals surface area contributed by atoms with Gasteiger partial charge in [-0.1, -0.05) is 19.4 Å². The molecule has 1 fully saturated rings. The van der Waals surface area contributed by atoms with E-state index in [9.17, 15) is 0 Å². The van der Waals surface area contributed by atoms with Crippen molar-refractivity contribution in [2.45, 2.75) is 45.4 Å². The molecule has 0 bridgehead atoms. The Bertz CT molecular complexity index is 534. The molecule has 4 heteroatoms. The third-order valence-electron chi connectivity index (χ3n) is 4.68. The number of nitrogens with zero attached hydrogens (tertiary/aromatic N) is 1. The van der Waals surface area contributed by atoms with Crippen LogP contribution in [0.25, 0.3) is 0 Å². The summed E-state index contributed by atoms with van der Waals surface area (Å²) in [5, 5.41) is 3.35. The first kappa shape index (κ1) is 18.7. The van der Waals surface area contributed by atoms with Gasteiger partial charge in [0, 0.05) is 11.8 Å². The maximum absolute atomic E-state index is 5.77. The third kappa shape index (κ3) is 5.17. The molecule has 134 valence electrons. The molecule has 1 N–H and O–H groups in total. The van der Waals surface area contributed by atoms with Crippen LogP contribution in [-0.2, 0) is 4.74 Å². The fraction of sp³-hybridized carbons (Fsp3) is 0.600. The number of piperidine rings is 1. The number of rotatable bonds is 8. The van der Waals surface area contributed by atoms with Crippen LogP contribution in [-0.4, -0.2) is 38.8 Å². The molecule has 0 radical (unpaired) electrons. The van der Waals surface area contributed by atoms with Crippen LogP contribution in [0.5, 0.6) is 5.75 Å². The van der Waals surface area contributed by atoms with Crippen LogP contribution in [0.3, 0.4) is 0 Å². The van der Waals surface area contributed by atoms with Crippen LogP contribution in [0.15, 0.2) is 30.2 Å². The molecular weight excluding hydrogens is 300 g/mol. The number of anilines is 1. The van der Waals surface area contributed by atoms with Gasteiger partial charge in [-0.05, 0) is 69.9 Å². The van der Waals surface area contributed by atoms with Crippen LogP contribution in [0.1, 0.15) is 51.0 Å². The molecule has 1 aliphatic rings. The maximum atomic E-state index is 5.77. The van der Waals surface area contributed by atoms with Crippen molar-refractivity contribution in [2.75, 3.05) is 39.2 Å². The molecule has 2 rings (SSSR count). The first-order valence-corrected chi connectivity index (χ1v) is 9.10. The Morgan fingerprint density at radius 2 is 2.08 bits per heavy atom. The Hall–Kier alpha value is -1.68. The van der Waals surface area contributed by atoms with Crippen molar-refractivity contribution < 1.29 is 9.47 Å². The van der Waals surface area contributed by atoms with Gasteiger partial charge in [0.2, 0.25) is 0 Å². The monoisotopic (exact) mass is 332 g/mol. The lowest BCUT2D eigenvalue weighted by atomic mass is 9.89. The van der Waals surface area contributed by atoms with E-state index < -0.39 is 0 Å². The molecule has 0 aromatic heterocycles. The van der Waals surface area contributed by atoms with E-state index in [2.05, 4.69) is 42.4 Å². The number of hydrogen-bond donors (Lipinski definition) is 1. The molecule has 0 amide bonds. The first-order chi connectivity index (χ1) is 11.7. The molecule has 0 unspecified atom stereocenters. The Morgan fingerprint density at radius 3 is 2.71 bits per heavy atom.